The van der Waals surface area contributed by atoms with Crippen LogP contribution in [0.3, 0.4) is 0 Å². The van der Waals surface area contributed by atoms with Gasteiger partial charge in [-0.1, -0.05) is 23.9 Å². The van der Waals surface area contributed by atoms with E-state index in [9.17, 15) is 0 Å². The molecule has 0 amide bonds. The van der Waals surface area contributed by atoms with Crippen LogP contribution in [0.1, 0.15) is 5.56 Å². The van der Waals surface area contributed by atoms with Crippen molar-refractivity contribution in [3.63, 3.8) is 0 Å². The zero-order chi connectivity index (χ0) is 10.5. The summed E-state index contributed by atoms with van der Waals surface area (Å²) in [5.41, 5.74) is 6.76. The van der Waals surface area contributed by atoms with Crippen LogP contribution < -0.4 is 5.73 Å². The third kappa shape index (κ3) is 3.02. The minimum absolute atomic E-state index is 0.697. The predicted octanol–water partition coefficient (Wildman–Crippen LogP) is 2.19. The Morgan fingerprint density at radius 2 is 2.07 bits per heavy atom. The Balaban J connectivity index is 2.04. The molecule has 0 saturated carbocycles. The molecule has 0 atom stereocenters. The van der Waals surface area contributed by atoms with Crippen molar-refractivity contribution in [3.8, 4) is 0 Å². The average Bonchev–Trinajstić information content (AvgIpc) is 2.74. The van der Waals surface area contributed by atoms with Crippen LogP contribution in [-0.4, -0.2) is 15.9 Å². The van der Waals surface area contributed by atoms with Gasteiger partial charge in [0.15, 0.2) is 4.34 Å². The minimum Gasteiger partial charge on any atom is -0.330 e. The lowest BCUT2D eigenvalue weighted by Gasteiger charge is -2.00. The zero-order valence-electron chi connectivity index (χ0n) is 8.09. The molecule has 2 aromatic rings. The molecule has 1 heterocycles. The second-order valence-electron chi connectivity index (χ2n) is 2.99. The van der Waals surface area contributed by atoms with Crippen molar-refractivity contribution < 1.29 is 0 Å². The van der Waals surface area contributed by atoms with E-state index in [2.05, 4.69) is 33.6 Å². The molecule has 0 saturated heterocycles. The van der Waals surface area contributed by atoms with Gasteiger partial charge in [-0.3, -0.25) is 0 Å². The molecule has 15 heavy (non-hydrogen) atoms. The van der Waals surface area contributed by atoms with Gasteiger partial charge in [-0.05, 0) is 42.2 Å². The van der Waals surface area contributed by atoms with Crippen LogP contribution in [0.5, 0.6) is 0 Å². The third-order valence-electron chi connectivity index (χ3n) is 1.90. The minimum atomic E-state index is 0.697. The van der Waals surface area contributed by atoms with Gasteiger partial charge in [0.1, 0.15) is 6.33 Å². The van der Waals surface area contributed by atoms with Gasteiger partial charge in [0.2, 0.25) is 0 Å². The molecule has 78 valence electrons. The van der Waals surface area contributed by atoms with Crippen LogP contribution in [-0.2, 0) is 6.42 Å². The summed E-state index contributed by atoms with van der Waals surface area (Å²) < 4.78 is 4.93. The first-order valence-electron chi connectivity index (χ1n) is 4.62. The van der Waals surface area contributed by atoms with E-state index < -0.39 is 0 Å². The molecule has 2 rings (SSSR count). The normalized spacial score (nSPS) is 10.5. The number of hydrogen-bond donors (Lipinski definition) is 1. The van der Waals surface area contributed by atoms with Crippen molar-refractivity contribution in [1.82, 2.24) is 9.36 Å². The second-order valence-corrected chi connectivity index (χ2v) is 5.09. The average molecular weight is 237 g/mol. The predicted molar refractivity (Wildman–Crippen MR) is 63.2 cm³/mol. The van der Waals surface area contributed by atoms with Crippen LogP contribution in [0, 0.1) is 0 Å². The molecule has 5 heteroatoms. The molecule has 2 N–H and O–H groups in total. The van der Waals surface area contributed by atoms with Gasteiger partial charge in [0.25, 0.3) is 0 Å². The molecule has 0 bridgehead atoms. The van der Waals surface area contributed by atoms with Crippen LogP contribution >= 0.6 is 23.3 Å². The maximum Gasteiger partial charge on any atom is 0.174 e. The second kappa shape index (κ2) is 5.25. The van der Waals surface area contributed by atoms with Crippen molar-refractivity contribution in [2.45, 2.75) is 15.7 Å². The summed E-state index contributed by atoms with van der Waals surface area (Å²) in [5, 5.41) is 0. The van der Waals surface area contributed by atoms with Gasteiger partial charge in [-0.15, -0.1) is 0 Å². The summed E-state index contributed by atoms with van der Waals surface area (Å²) >= 11 is 3.05. The highest BCUT2D eigenvalue weighted by atomic mass is 32.2. The number of hydrogen-bond acceptors (Lipinski definition) is 5. The number of aromatic nitrogens is 2. The molecule has 0 aliphatic rings. The van der Waals surface area contributed by atoms with E-state index in [4.69, 9.17) is 5.73 Å². The Morgan fingerprint density at radius 3 is 2.67 bits per heavy atom. The quantitative estimate of drug-likeness (QED) is 0.885. The summed E-state index contributed by atoms with van der Waals surface area (Å²) in [6, 6.07) is 8.40. The van der Waals surface area contributed by atoms with Crippen molar-refractivity contribution in [3.05, 3.63) is 36.2 Å². The summed E-state index contributed by atoms with van der Waals surface area (Å²) in [5.74, 6) is 0. The van der Waals surface area contributed by atoms with E-state index in [1.165, 1.54) is 22.0 Å². The third-order valence-corrected chi connectivity index (χ3v) is 3.63. The van der Waals surface area contributed by atoms with E-state index in [0.717, 1.165) is 10.8 Å². The Bertz CT molecular complexity index is 397. The van der Waals surface area contributed by atoms with Crippen LogP contribution in [0.2, 0.25) is 0 Å². The summed E-state index contributed by atoms with van der Waals surface area (Å²) in [6.45, 7) is 0.697. The number of nitrogens with zero attached hydrogens (tertiary/aromatic N) is 2. The molecular formula is C10H11N3S2. The standard InChI is InChI=1S/C10H11N3S2/c11-6-5-8-1-3-9(4-2-8)14-10-12-7-13-15-10/h1-4,7H,5-6,11H2. The van der Waals surface area contributed by atoms with Gasteiger partial charge in [0, 0.05) is 4.90 Å². The van der Waals surface area contributed by atoms with Crippen molar-refractivity contribution in [2.24, 2.45) is 5.73 Å². The van der Waals surface area contributed by atoms with E-state index in [0.29, 0.717) is 6.54 Å². The molecule has 0 radical (unpaired) electrons. The fourth-order valence-electron chi connectivity index (χ4n) is 1.20. The van der Waals surface area contributed by atoms with E-state index in [-0.39, 0.29) is 0 Å². The van der Waals surface area contributed by atoms with Gasteiger partial charge >= 0.3 is 0 Å². The first-order valence-corrected chi connectivity index (χ1v) is 6.21. The Hall–Kier alpha value is -0.910. The molecule has 0 spiro atoms. The van der Waals surface area contributed by atoms with E-state index >= 15 is 0 Å². The molecular weight excluding hydrogens is 226 g/mol. The van der Waals surface area contributed by atoms with Gasteiger partial charge in [0.05, 0.1) is 0 Å². The van der Waals surface area contributed by atoms with Crippen molar-refractivity contribution >= 4 is 23.3 Å². The Kier molecular flexibility index (Phi) is 3.71. The fourth-order valence-corrected chi connectivity index (χ4v) is 2.62. The first kappa shape index (κ1) is 10.6. The molecule has 0 aliphatic heterocycles. The largest absolute Gasteiger partial charge is 0.330 e. The van der Waals surface area contributed by atoms with E-state index in [1.54, 1.807) is 18.1 Å². The van der Waals surface area contributed by atoms with Crippen LogP contribution in [0.4, 0.5) is 0 Å². The van der Waals surface area contributed by atoms with E-state index in [1.807, 2.05) is 0 Å². The fraction of sp³-hybridized carbons (Fsp3) is 0.200. The van der Waals surface area contributed by atoms with Crippen LogP contribution in [0.15, 0.2) is 39.8 Å². The first-order chi connectivity index (χ1) is 7.38. The lowest BCUT2D eigenvalue weighted by Crippen LogP contribution is -2.02. The topological polar surface area (TPSA) is 51.8 Å². The van der Waals surface area contributed by atoms with Gasteiger partial charge < -0.3 is 5.73 Å². The number of benzene rings is 1. The molecule has 1 aromatic carbocycles. The lowest BCUT2D eigenvalue weighted by molar-refractivity contribution is 0.966. The summed E-state index contributed by atoms with van der Waals surface area (Å²) in [4.78, 5) is 5.31. The van der Waals surface area contributed by atoms with Crippen molar-refractivity contribution in [2.75, 3.05) is 6.54 Å². The highest BCUT2D eigenvalue weighted by molar-refractivity contribution is 8.01. The van der Waals surface area contributed by atoms with Gasteiger partial charge in [-0.2, -0.15) is 4.37 Å². The SMILES string of the molecule is NCCc1ccc(Sc2ncns2)cc1. The molecule has 0 unspecified atom stereocenters. The monoisotopic (exact) mass is 237 g/mol. The highest BCUT2D eigenvalue weighted by Crippen LogP contribution is 2.27. The zero-order valence-corrected chi connectivity index (χ0v) is 9.72. The molecule has 1 aromatic heterocycles. The highest BCUT2D eigenvalue weighted by Gasteiger charge is 2.00. The van der Waals surface area contributed by atoms with Crippen molar-refractivity contribution in [1.29, 1.82) is 0 Å². The maximum atomic E-state index is 5.49. The molecule has 0 fully saturated rings. The Morgan fingerprint density at radius 1 is 1.27 bits per heavy atom. The van der Waals surface area contributed by atoms with Crippen LogP contribution in [0.25, 0.3) is 0 Å². The summed E-state index contributed by atoms with van der Waals surface area (Å²) in [7, 11) is 0. The smallest absolute Gasteiger partial charge is 0.174 e. The number of rotatable bonds is 4. The van der Waals surface area contributed by atoms with Gasteiger partial charge in [-0.25, -0.2) is 4.98 Å². The molecule has 0 aliphatic carbocycles. The lowest BCUT2D eigenvalue weighted by atomic mass is 10.2. The summed E-state index contributed by atoms with van der Waals surface area (Å²) in [6.07, 6.45) is 2.51. The maximum absolute atomic E-state index is 5.49. The number of nitrogens with two attached hydrogens (primary N) is 1. The molecule has 3 nitrogen and oxygen atoms in total. The Labute approximate surface area is 96.9 Å².